The fourth-order valence-electron chi connectivity index (χ4n) is 1.60. The van der Waals surface area contributed by atoms with Crippen LogP contribution in [0.3, 0.4) is 0 Å². The van der Waals surface area contributed by atoms with Crippen LogP contribution in [-0.4, -0.2) is 9.91 Å². The number of hydrogen-bond acceptors (Lipinski definition) is 5. The lowest BCUT2D eigenvalue weighted by Crippen LogP contribution is -2.00. The van der Waals surface area contributed by atoms with Crippen molar-refractivity contribution < 1.29 is 4.92 Å². The first-order valence-electron chi connectivity index (χ1n) is 5.52. The van der Waals surface area contributed by atoms with Gasteiger partial charge in [0.1, 0.15) is 11.6 Å². The van der Waals surface area contributed by atoms with E-state index in [0.717, 1.165) is 5.56 Å². The largest absolute Gasteiger partial charge is 0.381 e. The molecule has 1 aromatic carbocycles. The fraction of sp³-hybridized carbons (Fsp3) is 0.0769. The number of hydrogen-bond donors (Lipinski definition) is 1. The van der Waals surface area contributed by atoms with Gasteiger partial charge in [0.25, 0.3) is 5.69 Å². The lowest BCUT2D eigenvalue weighted by Gasteiger charge is -2.06. The predicted molar refractivity (Wildman–Crippen MR) is 69.4 cm³/mol. The molecular formula is C13H10N4O2. The minimum absolute atomic E-state index is 0.0460. The van der Waals surface area contributed by atoms with Crippen molar-refractivity contribution in [3.8, 4) is 6.07 Å². The Morgan fingerprint density at radius 1 is 1.32 bits per heavy atom. The molecule has 0 atom stereocenters. The first kappa shape index (κ1) is 12.5. The number of nitrogens with zero attached hydrogens (tertiary/aromatic N) is 3. The number of nitro groups is 1. The summed E-state index contributed by atoms with van der Waals surface area (Å²) in [6.45, 7) is 0.561. The fourth-order valence-corrected chi connectivity index (χ4v) is 1.60. The third-order valence-electron chi connectivity index (χ3n) is 2.56. The minimum atomic E-state index is -0.564. The zero-order valence-corrected chi connectivity index (χ0v) is 9.91. The van der Waals surface area contributed by atoms with Gasteiger partial charge in [0.05, 0.1) is 4.92 Å². The standard InChI is InChI=1S/C13H10N4O2/c14-8-11-7-12(1-2-13(11)17(18)19)16-9-10-3-5-15-6-4-10/h1-7,16H,9H2. The molecular weight excluding hydrogens is 244 g/mol. The molecule has 6 nitrogen and oxygen atoms in total. The molecule has 1 aromatic heterocycles. The summed E-state index contributed by atoms with van der Waals surface area (Å²) >= 11 is 0. The average molecular weight is 254 g/mol. The van der Waals surface area contributed by atoms with Crippen LogP contribution in [0.25, 0.3) is 0 Å². The highest BCUT2D eigenvalue weighted by Crippen LogP contribution is 2.22. The van der Waals surface area contributed by atoms with Crippen LogP contribution in [0.15, 0.2) is 42.7 Å². The van der Waals surface area contributed by atoms with Gasteiger partial charge in [-0.15, -0.1) is 0 Å². The Morgan fingerprint density at radius 3 is 2.68 bits per heavy atom. The Morgan fingerprint density at radius 2 is 2.05 bits per heavy atom. The lowest BCUT2D eigenvalue weighted by molar-refractivity contribution is -0.385. The van der Waals surface area contributed by atoms with Gasteiger partial charge in [-0.2, -0.15) is 5.26 Å². The normalized spacial score (nSPS) is 9.63. The highest BCUT2D eigenvalue weighted by Gasteiger charge is 2.13. The summed E-state index contributed by atoms with van der Waals surface area (Å²) in [7, 11) is 0. The van der Waals surface area contributed by atoms with Gasteiger partial charge in [-0.1, -0.05) is 0 Å². The summed E-state index contributed by atoms with van der Waals surface area (Å²) < 4.78 is 0. The van der Waals surface area contributed by atoms with E-state index in [4.69, 9.17) is 5.26 Å². The number of benzene rings is 1. The van der Waals surface area contributed by atoms with Crippen molar-refractivity contribution in [2.45, 2.75) is 6.54 Å². The lowest BCUT2D eigenvalue weighted by atomic mass is 10.1. The third kappa shape index (κ3) is 3.04. The van der Waals surface area contributed by atoms with Gasteiger partial charge in [-0.05, 0) is 29.8 Å². The SMILES string of the molecule is N#Cc1cc(NCc2ccncc2)ccc1[N+](=O)[O-]. The maximum atomic E-state index is 10.7. The van der Waals surface area contributed by atoms with E-state index in [1.165, 1.54) is 12.1 Å². The van der Waals surface area contributed by atoms with Crippen LogP contribution in [0.2, 0.25) is 0 Å². The molecule has 94 valence electrons. The molecule has 0 fully saturated rings. The highest BCUT2D eigenvalue weighted by molar-refractivity contribution is 5.58. The van der Waals surface area contributed by atoms with Crippen LogP contribution in [0.5, 0.6) is 0 Å². The number of nitrogens with one attached hydrogen (secondary N) is 1. The van der Waals surface area contributed by atoms with E-state index in [1.54, 1.807) is 18.5 Å². The maximum Gasteiger partial charge on any atom is 0.287 e. The number of rotatable bonds is 4. The molecule has 0 saturated heterocycles. The monoisotopic (exact) mass is 254 g/mol. The second kappa shape index (κ2) is 5.60. The first-order valence-corrected chi connectivity index (χ1v) is 5.52. The van der Waals surface area contributed by atoms with Gasteiger partial charge in [-0.25, -0.2) is 0 Å². The van der Waals surface area contributed by atoms with Crippen molar-refractivity contribution in [2.24, 2.45) is 0 Å². The second-order valence-electron chi connectivity index (χ2n) is 3.81. The smallest absolute Gasteiger partial charge is 0.287 e. The van der Waals surface area contributed by atoms with E-state index in [2.05, 4.69) is 10.3 Å². The van der Waals surface area contributed by atoms with E-state index < -0.39 is 4.92 Å². The van der Waals surface area contributed by atoms with Crippen LogP contribution in [0, 0.1) is 21.4 Å². The summed E-state index contributed by atoms with van der Waals surface area (Å²) in [4.78, 5) is 14.0. The number of anilines is 1. The van der Waals surface area contributed by atoms with Gasteiger partial charge in [0.15, 0.2) is 0 Å². The van der Waals surface area contributed by atoms with Crippen molar-refractivity contribution in [3.63, 3.8) is 0 Å². The van der Waals surface area contributed by atoms with E-state index in [1.807, 2.05) is 18.2 Å². The van der Waals surface area contributed by atoms with Crippen LogP contribution in [0.1, 0.15) is 11.1 Å². The van der Waals surface area contributed by atoms with Crippen molar-refractivity contribution >= 4 is 11.4 Å². The van der Waals surface area contributed by atoms with Crippen LogP contribution < -0.4 is 5.32 Å². The van der Waals surface area contributed by atoms with E-state index in [9.17, 15) is 10.1 Å². The molecule has 1 N–H and O–H groups in total. The molecule has 0 aliphatic carbocycles. The first-order chi connectivity index (χ1) is 9.20. The van der Waals surface area contributed by atoms with Crippen LogP contribution in [0.4, 0.5) is 11.4 Å². The van der Waals surface area contributed by atoms with Gasteiger partial charge in [0, 0.05) is 30.7 Å². The number of pyridine rings is 1. The number of nitro benzene ring substituents is 1. The quantitative estimate of drug-likeness (QED) is 0.668. The van der Waals surface area contributed by atoms with Crippen molar-refractivity contribution in [3.05, 3.63) is 64.0 Å². The second-order valence-corrected chi connectivity index (χ2v) is 3.81. The molecule has 19 heavy (non-hydrogen) atoms. The van der Waals surface area contributed by atoms with Gasteiger partial charge >= 0.3 is 0 Å². The molecule has 0 spiro atoms. The Bertz CT molecular complexity index is 635. The summed E-state index contributed by atoms with van der Waals surface area (Å²) in [5, 5.41) is 22.7. The van der Waals surface area contributed by atoms with Crippen molar-refractivity contribution in [2.75, 3.05) is 5.32 Å². The zero-order chi connectivity index (χ0) is 13.7. The van der Waals surface area contributed by atoms with Crippen LogP contribution >= 0.6 is 0 Å². The number of nitriles is 1. The third-order valence-corrected chi connectivity index (χ3v) is 2.56. The molecule has 0 saturated carbocycles. The minimum Gasteiger partial charge on any atom is -0.381 e. The summed E-state index contributed by atoms with van der Waals surface area (Å²) in [6.07, 6.45) is 3.38. The van der Waals surface area contributed by atoms with Gasteiger partial charge < -0.3 is 5.32 Å². The molecule has 0 radical (unpaired) electrons. The van der Waals surface area contributed by atoms with Crippen molar-refractivity contribution in [1.29, 1.82) is 5.26 Å². The molecule has 2 aromatic rings. The topological polar surface area (TPSA) is 91.8 Å². The van der Waals surface area contributed by atoms with E-state index >= 15 is 0 Å². The van der Waals surface area contributed by atoms with Gasteiger partial charge in [-0.3, -0.25) is 15.1 Å². The summed E-state index contributed by atoms with van der Waals surface area (Å²) in [6, 6.07) is 9.94. The van der Waals surface area contributed by atoms with E-state index in [0.29, 0.717) is 12.2 Å². The Hall–Kier alpha value is -2.94. The molecule has 0 unspecified atom stereocenters. The van der Waals surface area contributed by atoms with E-state index in [-0.39, 0.29) is 11.3 Å². The molecule has 0 bridgehead atoms. The molecule has 1 heterocycles. The summed E-state index contributed by atoms with van der Waals surface area (Å²) in [5.74, 6) is 0. The predicted octanol–water partition coefficient (Wildman–Crippen LogP) is 2.47. The molecule has 0 aliphatic heterocycles. The zero-order valence-electron chi connectivity index (χ0n) is 9.91. The average Bonchev–Trinajstić information content (AvgIpc) is 2.45. The molecule has 6 heteroatoms. The Kier molecular flexibility index (Phi) is 3.69. The molecule has 2 rings (SSSR count). The van der Waals surface area contributed by atoms with Crippen molar-refractivity contribution in [1.82, 2.24) is 4.98 Å². The Labute approximate surface area is 109 Å². The molecule has 0 amide bonds. The summed E-state index contributed by atoms with van der Waals surface area (Å²) in [5.41, 5.74) is 1.56. The van der Waals surface area contributed by atoms with Gasteiger partial charge in [0.2, 0.25) is 0 Å². The maximum absolute atomic E-state index is 10.7. The molecule has 0 aliphatic rings. The number of aromatic nitrogens is 1. The van der Waals surface area contributed by atoms with Crippen LogP contribution in [-0.2, 0) is 6.54 Å². The Balaban J connectivity index is 2.14. The highest BCUT2D eigenvalue weighted by atomic mass is 16.6.